The molecule has 4 unspecified atom stereocenters. The quantitative estimate of drug-likeness (QED) is 0.898. The van der Waals surface area contributed by atoms with Crippen LogP contribution in [-0.2, 0) is 0 Å². The zero-order chi connectivity index (χ0) is 13.0. The molecule has 2 bridgehead atoms. The zero-order valence-corrected chi connectivity index (χ0v) is 11.3. The van der Waals surface area contributed by atoms with Gasteiger partial charge >= 0.3 is 0 Å². The fourth-order valence-electron chi connectivity index (χ4n) is 4.42. The Bertz CT molecular complexity index is 618. The predicted molar refractivity (Wildman–Crippen MR) is 75.6 cm³/mol. The van der Waals surface area contributed by atoms with E-state index in [4.69, 9.17) is 5.73 Å². The van der Waals surface area contributed by atoms with Crippen molar-refractivity contribution in [1.29, 1.82) is 0 Å². The van der Waals surface area contributed by atoms with Crippen LogP contribution in [0.2, 0.25) is 0 Å². The maximum Gasteiger partial charge on any atom is 0.202 e. The third-order valence-electron chi connectivity index (χ3n) is 5.30. The van der Waals surface area contributed by atoms with Crippen LogP contribution in [0.3, 0.4) is 0 Å². The molecule has 2 aliphatic carbocycles. The summed E-state index contributed by atoms with van der Waals surface area (Å²) in [6, 6.07) is 4.32. The van der Waals surface area contributed by atoms with Crippen LogP contribution in [0, 0.1) is 17.8 Å². The number of hydrogen-bond donors (Lipinski definition) is 1. The lowest BCUT2D eigenvalue weighted by atomic mass is 9.84. The van der Waals surface area contributed by atoms with E-state index in [1.165, 1.54) is 25.7 Å². The minimum atomic E-state index is 0.412. The lowest BCUT2D eigenvalue weighted by Crippen LogP contribution is -2.23. The van der Waals surface area contributed by atoms with E-state index in [0.717, 1.165) is 28.9 Å². The minimum Gasteiger partial charge on any atom is -0.369 e. The topological polar surface area (TPSA) is 56.7 Å². The molecule has 4 nitrogen and oxygen atoms in total. The van der Waals surface area contributed by atoms with Gasteiger partial charge in [-0.3, -0.25) is 4.57 Å². The molecule has 2 saturated carbocycles. The average Bonchev–Trinajstić information content (AvgIpc) is 3.10. The van der Waals surface area contributed by atoms with Crippen LogP contribution in [0.4, 0.5) is 5.95 Å². The number of nitrogen functional groups attached to an aromatic ring is 1. The molecule has 4 heteroatoms. The number of imidazole rings is 1. The summed E-state index contributed by atoms with van der Waals surface area (Å²) in [6.07, 6.45) is 7.45. The molecule has 0 aliphatic heterocycles. The van der Waals surface area contributed by atoms with Gasteiger partial charge in [0.1, 0.15) is 5.52 Å². The maximum atomic E-state index is 6.13. The number of anilines is 1. The van der Waals surface area contributed by atoms with Gasteiger partial charge in [-0.05, 0) is 56.1 Å². The lowest BCUT2D eigenvalue weighted by molar-refractivity contribution is 0.247. The lowest BCUT2D eigenvalue weighted by Gasteiger charge is -2.29. The Morgan fingerprint density at radius 2 is 2.26 bits per heavy atom. The van der Waals surface area contributed by atoms with E-state index in [2.05, 4.69) is 21.5 Å². The first-order chi connectivity index (χ1) is 9.24. The highest BCUT2D eigenvalue weighted by Crippen LogP contribution is 2.52. The van der Waals surface area contributed by atoms with Crippen molar-refractivity contribution >= 4 is 17.1 Å². The summed E-state index contributed by atoms with van der Waals surface area (Å²) in [5, 5.41) is 0. The second kappa shape index (κ2) is 3.95. The van der Waals surface area contributed by atoms with E-state index in [9.17, 15) is 0 Å². The largest absolute Gasteiger partial charge is 0.369 e. The summed E-state index contributed by atoms with van der Waals surface area (Å²) < 4.78 is 2.15. The van der Waals surface area contributed by atoms with Gasteiger partial charge < -0.3 is 5.73 Å². The van der Waals surface area contributed by atoms with Gasteiger partial charge in [-0.2, -0.15) is 0 Å². The molecule has 2 heterocycles. The number of pyridine rings is 1. The highest BCUT2D eigenvalue weighted by molar-refractivity contribution is 5.73. The number of aromatic nitrogens is 3. The highest BCUT2D eigenvalue weighted by Gasteiger charge is 2.42. The molecule has 0 spiro atoms. The van der Waals surface area contributed by atoms with E-state index in [-0.39, 0.29) is 0 Å². The Morgan fingerprint density at radius 3 is 3.00 bits per heavy atom. The van der Waals surface area contributed by atoms with Gasteiger partial charge in [-0.15, -0.1) is 0 Å². The fourth-order valence-corrected chi connectivity index (χ4v) is 4.42. The molecule has 100 valence electrons. The highest BCUT2D eigenvalue weighted by atomic mass is 15.2. The molecule has 0 saturated heterocycles. The van der Waals surface area contributed by atoms with Crippen LogP contribution in [0.1, 0.15) is 38.6 Å². The number of hydrogen-bond acceptors (Lipinski definition) is 3. The Kier molecular flexibility index (Phi) is 2.34. The van der Waals surface area contributed by atoms with Crippen molar-refractivity contribution in [1.82, 2.24) is 14.5 Å². The van der Waals surface area contributed by atoms with Gasteiger partial charge in [0.15, 0.2) is 5.65 Å². The SMILES string of the molecule is CC(C1CC2CCC1C2)n1c(N)nc2cccnc21. The van der Waals surface area contributed by atoms with E-state index in [0.29, 0.717) is 12.0 Å². The first kappa shape index (κ1) is 11.3. The van der Waals surface area contributed by atoms with E-state index >= 15 is 0 Å². The molecule has 2 aliphatic rings. The minimum absolute atomic E-state index is 0.412. The number of rotatable bonds is 2. The molecule has 2 aromatic rings. The number of fused-ring (bicyclic) bond motifs is 3. The molecule has 19 heavy (non-hydrogen) atoms. The maximum absolute atomic E-state index is 6.13. The van der Waals surface area contributed by atoms with Gasteiger partial charge in [0.2, 0.25) is 5.95 Å². The van der Waals surface area contributed by atoms with E-state index in [1.807, 2.05) is 18.3 Å². The summed E-state index contributed by atoms with van der Waals surface area (Å²) in [4.78, 5) is 8.92. The summed E-state index contributed by atoms with van der Waals surface area (Å²) in [5.74, 6) is 3.21. The third kappa shape index (κ3) is 1.58. The average molecular weight is 256 g/mol. The zero-order valence-electron chi connectivity index (χ0n) is 11.3. The predicted octanol–water partition coefficient (Wildman–Crippen LogP) is 3.01. The molecule has 4 rings (SSSR count). The van der Waals surface area contributed by atoms with Crippen LogP contribution in [-0.4, -0.2) is 14.5 Å². The van der Waals surface area contributed by atoms with Crippen molar-refractivity contribution in [2.75, 3.05) is 5.73 Å². The normalized spacial score (nSPS) is 31.1. The van der Waals surface area contributed by atoms with Crippen molar-refractivity contribution in [2.24, 2.45) is 17.8 Å². The molecule has 0 aromatic carbocycles. The van der Waals surface area contributed by atoms with Gasteiger partial charge in [0.25, 0.3) is 0 Å². The van der Waals surface area contributed by atoms with Crippen LogP contribution >= 0.6 is 0 Å². The summed E-state index contributed by atoms with van der Waals surface area (Å²) in [5.41, 5.74) is 7.98. The summed E-state index contributed by atoms with van der Waals surface area (Å²) in [6.45, 7) is 2.29. The van der Waals surface area contributed by atoms with E-state index in [1.54, 1.807) is 0 Å². The van der Waals surface area contributed by atoms with Crippen molar-refractivity contribution < 1.29 is 0 Å². The summed E-state index contributed by atoms with van der Waals surface area (Å²) in [7, 11) is 0. The number of nitrogens with two attached hydrogens (primary N) is 1. The first-order valence-electron chi connectivity index (χ1n) is 7.32. The van der Waals surface area contributed by atoms with Gasteiger partial charge in [-0.1, -0.05) is 6.42 Å². The Labute approximate surface area is 113 Å². The molecule has 4 atom stereocenters. The Hall–Kier alpha value is -1.58. The van der Waals surface area contributed by atoms with Crippen molar-refractivity contribution in [3.8, 4) is 0 Å². The van der Waals surface area contributed by atoms with Gasteiger partial charge in [0.05, 0.1) is 0 Å². The van der Waals surface area contributed by atoms with Gasteiger partial charge in [-0.25, -0.2) is 9.97 Å². The number of nitrogens with zero attached hydrogens (tertiary/aromatic N) is 3. The van der Waals surface area contributed by atoms with Crippen LogP contribution in [0.15, 0.2) is 18.3 Å². The monoisotopic (exact) mass is 256 g/mol. The second-order valence-corrected chi connectivity index (χ2v) is 6.27. The smallest absolute Gasteiger partial charge is 0.202 e. The molecule has 0 radical (unpaired) electrons. The standard InChI is InChI=1S/C15H20N4/c1-9(12-8-10-4-5-11(12)7-10)19-14-13(18-15(19)16)3-2-6-17-14/h2-3,6,9-12H,4-5,7-8H2,1H3,(H2,16,18). The molecular weight excluding hydrogens is 236 g/mol. The van der Waals surface area contributed by atoms with E-state index < -0.39 is 0 Å². The van der Waals surface area contributed by atoms with Crippen LogP contribution < -0.4 is 5.73 Å². The molecular formula is C15H20N4. The van der Waals surface area contributed by atoms with Gasteiger partial charge in [0, 0.05) is 12.2 Å². The molecule has 2 N–H and O–H groups in total. The molecule has 0 amide bonds. The third-order valence-corrected chi connectivity index (χ3v) is 5.30. The second-order valence-electron chi connectivity index (χ2n) is 6.27. The van der Waals surface area contributed by atoms with Crippen LogP contribution in [0.25, 0.3) is 11.2 Å². The molecule has 2 fully saturated rings. The molecule has 2 aromatic heterocycles. The van der Waals surface area contributed by atoms with Crippen molar-refractivity contribution in [2.45, 2.75) is 38.6 Å². The first-order valence-corrected chi connectivity index (χ1v) is 7.32. The van der Waals surface area contributed by atoms with Crippen molar-refractivity contribution in [3.05, 3.63) is 18.3 Å². The Morgan fingerprint density at radius 1 is 1.37 bits per heavy atom. The van der Waals surface area contributed by atoms with Crippen LogP contribution in [0.5, 0.6) is 0 Å². The fraction of sp³-hybridized carbons (Fsp3) is 0.600. The van der Waals surface area contributed by atoms with Crippen molar-refractivity contribution in [3.63, 3.8) is 0 Å². The Balaban J connectivity index is 1.75. The summed E-state index contributed by atoms with van der Waals surface area (Å²) >= 11 is 0.